The average molecular weight is 869 g/mol. The second-order valence-electron chi connectivity index (χ2n) is 16.4. The normalized spacial score (nSPS) is 11.8. The van der Waals surface area contributed by atoms with E-state index in [9.17, 15) is 10.5 Å². The molecule has 0 aliphatic carbocycles. The number of benzene rings is 9. The lowest BCUT2D eigenvalue weighted by molar-refractivity contribution is 0.0926. The number of carbonyl (C=O) groups is 2. The Hall–Kier alpha value is -10.1. The van der Waals surface area contributed by atoms with Gasteiger partial charge in [-0.05, 0) is 117 Å². The minimum absolute atomic E-state index is 0.223. The first-order valence-corrected chi connectivity index (χ1v) is 21.7. The van der Waals surface area contributed by atoms with Crippen molar-refractivity contribution in [1.29, 1.82) is 10.5 Å². The van der Waals surface area contributed by atoms with E-state index in [0.717, 1.165) is 44.2 Å². The first-order valence-electron chi connectivity index (χ1n) is 21.7. The van der Waals surface area contributed by atoms with Gasteiger partial charge in [0.05, 0.1) is 58.8 Å². The maximum Gasteiger partial charge on any atom is 0.268 e. The van der Waals surface area contributed by atoms with Crippen molar-refractivity contribution in [3.8, 4) is 73.5 Å². The first-order chi connectivity index (χ1) is 33.4. The Bertz CT molecular complexity index is 3680. The zero-order valence-electron chi connectivity index (χ0n) is 36.0. The molecule has 0 bridgehead atoms. The molecular formula is C60H32N6O2. The standard InChI is InChI=1S/C60H32N6O2/c1-63-45-29-37(35-61)27-43(31-45)47-21-12-24-52-55(47)56-48(44-28-38(36-62)30-46(32-44)64-2)22-13-25-53(56)65(52)54-26-14-23-49-57(54)60(68)66(59(49)67)58-50(40-17-8-4-9-18-40)33-42(39-15-6-3-7-16-39)34-51(58)41-19-10-5-11-20-41/h3-34H. The van der Waals surface area contributed by atoms with Crippen LogP contribution in [0.1, 0.15) is 31.8 Å². The molecule has 8 nitrogen and oxygen atoms in total. The van der Waals surface area contributed by atoms with Crippen molar-refractivity contribution in [2.75, 3.05) is 4.90 Å². The van der Waals surface area contributed by atoms with Crippen molar-refractivity contribution < 1.29 is 9.59 Å². The molecule has 314 valence electrons. The molecule has 0 radical (unpaired) electrons. The Morgan fingerprint density at radius 3 is 1.34 bits per heavy atom. The summed E-state index contributed by atoms with van der Waals surface area (Å²) in [5.41, 5.74) is 11.7. The number of hydrogen-bond donors (Lipinski definition) is 0. The van der Waals surface area contributed by atoms with Crippen LogP contribution in [0.3, 0.4) is 0 Å². The molecule has 1 aliphatic heterocycles. The largest absolute Gasteiger partial charge is 0.308 e. The third kappa shape index (κ3) is 6.58. The Labute approximate surface area is 391 Å². The van der Waals surface area contributed by atoms with Gasteiger partial charge in [0.2, 0.25) is 0 Å². The van der Waals surface area contributed by atoms with E-state index in [-0.39, 0.29) is 11.1 Å². The molecule has 2 heterocycles. The molecule has 8 heteroatoms. The lowest BCUT2D eigenvalue weighted by Gasteiger charge is -2.24. The quantitative estimate of drug-likeness (QED) is 0.118. The summed E-state index contributed by atoms with van der Waals surface area (Å²) in [6, 6.07) is 65.1. The van der Waals surface area contributed by atoms with Crippen LogP contribution in [0.15, 0.2) is 194 Å². The highest BCUT2D eigenvalue weighted by Crippen LogP contribution is 2.49. The van der Waals surface area contributed by atoms with Gasteiger partial charge in [-0.2, -0.15) is 10.5 Å². The summed E-state index contributed by atoms with van der Waals surface area (Å²) in [6.45, 7) is 15.7. The number of aromatic nitrogens is 1. The van der Waals surface area contributed by atoms with Crippen LogP contribution in [-0.4, -0.2) is 16.4 Å². The second kappa shape index (κ2) is 16.5. The van der Waals surface area contributed by atoms with E-state index in [1.165, 1.54) is 4.90 Å². The molecule has 0 atom stereocenters. The van der Waals surface area contributed by atoms with E-state index < -0.39 is 11.8 Å². The third-order valence-electron chi connectivity index (χ3n) is 12.5. The van der Waals surface area contributed by atoms with Crippen LogP contribution >= 0.6 is 0 Å². The van der Waals surface area contributed by atoms with Gasteiger partial charge in [0.1, 0.15) is 0 Å². The van der Waals surface area contributed by atoms with Gasteiger partial charge in [-0.25, -0.2) is 14.6 Å². The predicted octanol–water partition coefficient (Wildman–Crippen LogP) is 14.8. The SMILES string of the molecule is [C-]#[N+]c1cc(C#N)cc(-c2cccc3c2c2c(-c4cc(C#N)cc([N+]#[C-])c4)cccc2n3-c2cccc3c2C(=O)N(c2c(-c4ccccc4)cc(-c4ccccc4)cc2-c2ccccc2)C3=O)c1. The Morgan fingerprint density at radius 2 is 0.868 bits per heavy atom. The summed E-state index contributed by atoms with van der Waals surface area (Å²) in [7, 11) is 0. The van der Waals surface area contributed by atoms with Crippen LogP contribution in [0.4, 0.5) is 17.1 Å². The van der Waals surface area contributed by atoms with Crippen LogP contribution in [-0.2, 0) is 0 Å². The molecule has 1 aliphatic rings. The summed E-state index contributed by atoms with van der Waals surface area (Å²) in [6.07, 6.45) is 0. The van der Waals surface area contributed by atoms with Crippen molar-refractivity contribution >= 4 is 50.7 Å². The number of rotatable bonds is 7. The summed E-state index contributed by atoms with van der Waals surface area (Å²) < 4.78 is 1.99. The molecule has 0 saturated heterocycles. The number of nitriles is 2. The van der Waals surface area contributed by atoms with Gasteiger partial charge in [0.15, 0.2) is 11.4 Å². The molecule has 9 aromatic carbocycles. The molecular weight excluding hydrogens is 837 g/mol. The molecule has 2 amide bonds. The number of imide groups is 1. The highest BCUT2D eigenvalue weighted by Gasteiger charge is 2.42. The van der Waals surface area contributed by atoms with Gasteiger partial charge in [-0.15, -0.1) is 0 Å². The fourth-order valence-corrected chi connectivity index (χ4v) is 9.65. The minimum Gasteiger partial charge on any atom is -0.308 e. The van der Waals surface area contributed by atoms with Gasteiger partial charge >= 0.3 is 0 Å². The highest BCUT2D eigenvalue weighted by molar-refractivity contribution is 6.37. The number of amides is 2. The van der Waals surface area contributed by atoms with E-state index in [1.54, 1.807) is 48.5 Å². The molecule has 10 aromatic rings. The Balaban J connectivity index is 1.20. The molecule has 11 rings (SSSR count). The van der Waals surface area contributed by atoms with Gasteiger partial charge in [-0.3, -0.25) is 9.59 Å². The molecule has 0 fully saturated rings. The summed E-state index contributed by atoms with van der Waals surface area (Å²) in [5.74, 6) is -0.952. The highest BCUT2D eigenvalue weighted by atomic mass is 16.2. The maximum atomic E-state index is 15.8. The fourth-order valence-electron chi connectivity index (χ4n) is 9.65. The van der Waals surface area contributed by atoms with Gasteiger partial charge < -0.3 is 4.57 Å². The lowest BCUT2D eigenvalue weighted by Crippen LogP contribution is -2.30. The number of anilines is 1. The third-order valence-corrected chi connectivity index (χ3v) is 12.5. The summed E-state index contributed by atoms with van der Waals surface area (Å²) in [5, 5.41) is 21.6. The van der Waals surface area contributed by atoms with E-state index in [4.69, 9.17) is 13.1 Å². The maximum absolute atomic E-state index is 15.8. The van der Waals surface area contributed by atoms with E-state index >= 15 is 9.59 Å². The van der Waals surface area contributed by atoms with Crippen molar-refractivity contribution in [2.24, 2.45) is 0 Å². The molecule has 0 N–H and O–H groups in total. The van der Waals surface area contributed by atoms with E-state index in [2.05, 4.69) is 21.8 Å². The Morgan fingerprint density at radius 1 is 0.412 bits per heavy atom. The fraction of sp³-hybridized carbons (Fsp3) is 0. The minimum atomic E-state index is -0.489. The number of fused-ring (bicyclic) bond motifs is 4. The zero-order valence-corrected chi connectivity index (χ0v) is 36.0. The van der Waals surface area contributed by atoms with Crippen molar-refractivity contribution in [3.05, 3.63) is 239 Å². The average Bonchev–Trinajstić information content (AvgIpc) is 3.88. The number of carbonyl (C=O) groups excluding carboxylic acids is 2. The second-order valence-corrected chi connectivity index (χ2v) is 16.4. The summed E-state index contributed by atoms with van der Waals surface area (Å²) in [4.78, 5) is 39.7. The van der Waals surface area contributed by atoms with Crippen LogP contribution in [0.5, 0.6) is 0 Å². The monoisotopic (exact) mass is 868 g/mol. The lowest BCUT2D eigenvalue weighted by atomic mass is 9.90. The number of hydrogen-bond acceptors (Lipinski definition) is 4. The number of nitrogens with zero attached hydrogens (tertiary/aromatic N) is 6. The predicted molar refractivity (Wildman–Crippen MR) is 267 cm³/mol. The molecule has 68 heavy (non-hydrogen) atoms. The topological polar surface area (TPSA) is 98.6 Å². The Kier molecular flexibility index (Phi) is 9.84. The van der Waals surface area contributed by atoms with Crippen molar-refractivity contribution in [3.63, 3.8) is 0 Å². The van der Waals surface area contributed by atoms with Gasteiger partial charge in [0, 0.05) is 33.0 Å². The van der Waals surface area contributed by atoms with Crippen LogP contribution in [0, 0.1) is 35.8 Å². The molecule has 0 spiro atoms. The van der Waals surface area contributed by atoms with Crippen molar-refractivity contribution in [1.82, 2.24) is 4.57 Å². The zero-order chi connectivity index (χ0) is 46.5. The molecule has 1 aromatic heterocycles. The molecule has 0 unspecified atom stereocenters. The first kappa shape index (κ1) is 40.6. The summed E-state index contributed by atoms with van der Waals surface area (Å²) >= 11 is 0. The van der Waals surface area contributed by atoms with Gasteiger partial charge in [0.25, 0.3) is 11.8 Å². The van der Waals surface area contributed by atoms with Crippen LogP contribution < -0.4 is 4.90 Å². The molecule has 0 saturated carbocycles. The smallest absolute Gasteiger partial charge is 0.268 e. The van der Waals surface area contributed by atoms with E-state index in [1.807, 2.05) is 150 Å². The van der Waals surface area contributed by atoms with Crippen LogP contribution in [0.25, 0.3) is 92.8 Å². The van der Waals surface area contributed by atoms with Crippen molar-refractivity contribution in [2.45, 2.75) is 0 Å². The van der Waals surface area contributed by atoms with Crippen LogP contribution in [0.2, 0.25) is 0 Å². The van der Waals surface area contributed by atoms with E-state index in [0.29, 0.717) is 67.2 Å². The van der Waals surface area contributed by atoms with Gasteiger partial charge in [-0.1, -0.05) is 121 Å².